The van der Waals surface area contributed by atoms with E-state index in [0.717, 1.165) is 45.8 Å². The smallest absolute Gasteiger partial charge is 0.147 e. The van der Waals surface area contributed by atoms with Crippen molar-refractivity contribution in [3.05, 3.63) is 29.6 Å². The molecule has 0 unspecified atom stereocenters. The molecular formula is C17H25FN4. The van der Waals surface area contributed by atoms with Gasteiger partial charge in [-0.1, -0.05) is 13.8 Å². The Morgan fingerprint density at radius 1 is 1.27 bits per heavy atom. The van der Waals surface area contributed by atoms with Crippen LogP contribution in [0.15, 0.2) is 18.2 Å². The van der Waals surface area contributed by atoms with E-state index in [1.807, 2.05) is 6.07 Å². The van der Waals surface area contributed by atoms with Gasteiger partial charge in [-0.05, 0) is 30.7 Å². The molecule has 0 radical (unpaired) electrons. The Kier molecular flexibility index (Phi) is 6.17. The van der Waals surface area contributed by atoms with E-state index in [4.69, 9.17) is 5.26 Å². The number of hydrogen-bond acceptors (Lipinski definition) is 4. The van der Waals surface area contributed by atoms with Crippen LogP contribution in [0, 0.1) is 23.1 Å². The summed E-state index contributed by atoms with van der Waals surface area (Å²) in [5, 5.41) is 11.9. The van der Waals surface area contributed by atoms with Crippen molar-refractivity contribution < 1.29 is 4.39 Å². The Bertz CT molecular complexity index is 518. The highest BCUT2D eigenvalue weighted by atomic mass is 19.1. The first-order valence-electron chi connectivity index (χ1n) is 8.00. The van der Waals surface area contributed by atoms with Gasteiger partial charge in [-0.25, -0.2) is 4.39 Å². The van der Waals surface area contributed by atoms with E-state index >= 15 is 0 Å². The van der Waals surface area contributed by atoms with E-state index in [2.05, 4.69) is 29.0 Å². The molecule has 0 saturated carbocycles. The van der Waals surface area contributed by atoms with Crippen LogP contribution in [0.1, 0.15) is 19.4 Å². The molecule has 1 heterocycles. The number of halogens is 1. The second kappa shape index (κ2) is 8.11. The second-order valence-electron chi connectivity index (χ2n) is 6.03. The molecule has 1 N–H and O–H groups in total. The van der Waals surface area contributed by atoms with Crippen LogP contribution in [0.4, 0.5) is 10.1 Å². The van der Waals surface area contributed by atoms with Gasteiger partial charge in [0, 0.05) is 39.3 Å². The number of nitrogens with one attached hydrogen (secondary N) is 1. The van der Waals surface area contributed by atoms with Gasteiger partial charge in [0.25, 0.3) is 0 Å². The van der Waals surface area contributed by atoms with Gasteiger partial charge >= 0.3 is 0 Å². The van der Waals surface area contributed by atoms with Crippen molar-refractivity contribution in [2.24, 2.45) is 5.92 Å². The van der Waals surface area contributed by atoms with Crippen molar-refractivity contribution in [1.29, 1.82) is 5.26 Å². The van der Waals surface area contributed by atoms with E-state index in [1.165, 1.54) is 6.07 Å². The van der Waals surface area contributed by atoms with Crippen LogP contribution in [-0.2, 0) is 0 Å². The minimum Gasteiger partial charge on any atom is -0.382 e. The van der Waals surface area contributed by atoms with E-state index in [0.29, 0.717) is 17.2 Å². The lowest BCUT2D eigenvalue weighted by Crippen LogP contribution is -2.47. The number of nitriles is 1. The van der Waals surface area contributed by atoms with Crippen molar-refractivity contribution in [2.75, 3.05) is 51.1 Å². The average Bonchev–Trinajstić information content (AvgIpc) is 2.54. The highest BCUT2D eigenvalue weighted by Gasteiger charge is 2.17. The van der Waals surface area contributed by atoms with Crippen LogP contribution in [0.5, 0.6) is 0 Å². The average molecular weight is 304 g/mol. The molecule has 2 rings (SSSR count). The fourth-order valence-corrected chi connectivity index (χ4v) is 2.81. The summed E-state index contributed by atoms with van der Waals surface area (Å²) >= 11 is 0. The number of benzene rings is 1. The molecule has 1 saturated heterocycles. The van der Waals surface area contributed by atoms with Crippen LogP contribution in [0.2, 0.25) is 0 Å². The third-order valence-corrected chi connectivity index (χ3v) is 4.22. The zero-order valence-electron chi connectivity index (χ0n) is 13.5. The third-order valence-electron chi connectivity index (χ3n) is 4.22. The number of hydrogen-bond donors (Lipinski definition) is 1. The first-order valence-corrected chi connectivity index (χ1v) is 8.00. The zero-order chi connectivity index (χ0) is 15.9. The molecule has 1 fully saturated rings. The van der Waals surface area contributed by atoms with Crippen LogP contribution in [0.3, 0.4) is 0 Å². The molecule has 1 atom stereocenters. The lowest BCUT2D eigenvalue weighted by atomic mass is 10.1. The highest BCUT2D eigenvalue weighted by Crippen LogP contribution is 2.16. The normalized spacial score (nSPS) is 17.9. The summed E-state index contributed by atoms with van der Waals surface area (Å²) in [6.07, 6.45) is 0. The zero-order valence-corrected chi connectivity index (χ0v) is 13.5. The third kappa shape index (κ3) is 4.69. The first-order chi connectivity index (χ1) is 10.6. The molecule has 0 aliphatic carbocycles. The van der Waals surface area contributed by atoms with Crippen LogP contribution in [-0.4, -0.2) is 55.6 Å². The molecule has 4 nitrogen and oxygen atoms in total. The molecular weight excluding hydrogens is 279 g/mol. The fraction of sp³-hybridized carbons (Fsp3) is 0.588. The molecule has 5 heteroatoms. The van der Waals surface area contributed by atoms with Gasteiger partial charge in [0.15, 0.2) is 0 Å². The van der Waals surface area contributed by atoms with E-state index < -0.39 is 0 Å². The summed E-state index contributed by atoms with van der Waals surface area (Å²) in [4.78, 5) is 4.94. The summed E-state index contributed by atoms with van der Waals surface area (Å²) in [6.45, 7) is 11.8. The molecule has 0 aromatic heterocycles. The maximum Gasteiger partial charge on any atom is 0.147 e. The van der Waals surface area contributed by atoms with Crippen LogP contribution < -0.4 is 5.32 Å². The Morgan fingerprint density at radius 2 is 1.95 bits per heavy atom. The first kappa shape index (κ1) is 16.7. The highest BCUT2D eigenvalue weighted by molar-refractivity contribution is 5.48. The van der Waals surface area contributed by atoms with Crippen molar-refractivity contribution >= 4 is 5.69 Å². The van der Waals surface area contributed by atoms with Gasteiger partial charge in [-0.15, -0.1) is 0 Å². The molecule has 22 heavy (non-hydrogen) atoms. The van der Waals surface area contributed by atoms with E-state index in [-0.39, 0.29) is 5.82 Å². The lowest BCUT2D eigenvalue weighted by Gasteiger charge is -2.35. The molecule has 1 aliphatic rings. The fourth-order valence-electron chi connectivity index (χ4n) is 2.81. The van der Waals surface area contributed by atoms with Gasteiger partial charge in [0.05, 0.1) is 17.3 Å². The summed E-state index contributed by atoms with van der Waals surface area (Å²) in [6, 6.07) is 6.50. The number of rotatable bonds is 6. The van der Waals surface area contributed by atoms with E-state index in [9.17, 15) is 4.39 Å². The van der Waals surface area contributed by atoms with Crippen LogP contribution >= 0.6 is 0 Å². The topological polar surface area (TPSA) is 42.3 Å². The standard InChI is InChI=1S/C17H25FN4/c1-3-21-6-8-22(9-7-21)13-14(2)12-20-17-5-4-15(11-19)10-16(17)18/h4-5,10,14,20H,3,6-9,12-13H2,1-2H3/t14-/m1/s1. The quantitative estimate of drug-likeness (QED) is 0.876. The molecule has 0 amide bonds. The number of piperazine rings is 1. The molecule has 1 aromatic carbocycles. The Labute approximate surface area is 132 Å². The van der Waals surface area contributed by atoms with Crippen molar-refractivity contribution in [3.63, 3.8) is 0 Å². The monoisotopic (exact) mass is 304 g/mol. The number of likely N-dealkylation sites (N-methyl/N-ethyl adjacent to an activating group) is 1. The predicted molar refractivity (Wildman–Crippen MR) is 87.3 cm³/mol. The molecule has 1 aromatic rings. The minimum absolute atomic E-state index is 0.352. The SMILES string of the molecule is CCN1CCN(C[C@H](C)CNc2ccc(C#N)cc2F)CC1. The Morgan fingerprint density at radius 3 is 2.55 bits per heavy atom. The van der Waals surface area contributed by atoms with Gasteiger partial charge in [0.2, 0.25) is 0 Å². The lowest BCUT2D eigenvalue weighted by molar-refractivity contribution is 0.126. The molecule has 120 valence electrons. The summed E-state index contributed by atoms with van der Waals surface area (Å²) in [5.41, 5.74) is 0.826. The second-order valence-corrected chi connectivity index (χ2v) is 6.03. The number of nitrogens with zero attached hydrogens (tertiary/aromatic N) is 3. The van der Waals surface area contributed by atoms with Gasteiger partial charge in [-0.3, -0.25) is 0 Å². The molecule has 0 bridgehead atoms. The largest absolute Gasteiger partial charge is 0.382 e. The predicted octanol–water partition coefficient (Wildman–Crippen LogP) is 2.38. The minimum atomic E-state index is -0.359. The van der Waals surface area contributed by atoms with Crippen molar-refractivity contribution in [2.45, 2.75) is 13.8 Å². The summed E-state index contributed by atoms with van der Waals surface area (Å²) in [5.74, 6) is 0.0889. The van der Waals surface area contributed by atoms with Crippen molar-refractivity contribution in [1.82, 2.24) is 9.80 Å². The molecule has 0 spiro atoms. The number of anilines is 1. The van der Waals surface area contributed by atoms with Gasteiger partial charge < -0.3 is 15.1 Å². The van der Waals surface area contributed by atoms with Gasteiger partial charge in [-0.2, -0.15) is 5.26 Å². The van der Waals surface area contributed by atoms with E-state index in [1.54, 1.807) is 12.1 Å². The van der Waals surface area contributed by atoms with Gasteiger partial charge in [0.1, 0.15) is 5.82 Å². The molecule has 1 aliphatic heterocycles. The summed E-state index contributed by atoms with van der Waals surface area (Å²) < 4.78 is 13.8. The Balaban J connectivity index is 1.76. The van der Waals surface area contributed by atoms with Crippen LogP contribution in [0.25, 0.3) is 0 Å². The van der Waals surface area contributed by atoms with Crippen molar-refractivity contribution in [3.8, 4) is 6.07 Å². The maximum atomic E-state index is 13.8. The Hall–Kier alpha value is -1.64. The summed E-state index contributed by atoms with van der Waals surface area (Å²) in [7, 11) is 0. The maximum absolute atomic E-state index is 13.8.